The summed E-state index contributed by atoms with van der Waals surface area (Å²) in [6.07, 6.45) is 0. The molecule has 0 aliphatic heterocycles. The minimum absolute atomic E-state index is 0.0180. The molecule has 1 aromatic heterocycles. The van der Waals surface area contributed by atoms with Gasteiger partial charge in [-0.15, -0.1) is 11.3 Å². The van der Waals surface area contributed by atoms with E-state index < -0.39 is 0 Å². The van der Waals surface area contributed by atoms with Crippen LogP contribution in [0.1, 0.15) is 25.0 Å². The molecule has 9 aromatic rings. The van der Waals surface area contributed by atoms with Gasteiger partial charge in [-0.25, -0.2) is 0 Å². The lowest BCUT2D eigenvalue weighted by Crippen LogP contribution is -2.14. The molecule has 0 amide bonds. The Bertz CT molecular complexity index is 2660. The summed E-state index contributed by atoms with van der Waals surface area (Å²) in [6, 6.07) is 54.5. The summed E-state index contributed by atoms with van der Waals surface area (Å²) in [5.74, 6) is 0. The number of hydrogen-bond acceptors (Lipinski definition) is 1. The van der Waals surface area contributed by atoms with Crippen LogP contribution < -0.4 is 0 Å². The Labute approximate surface area is 272 Å². The molecule has 0 bridgehead atoms. The van der Waals surface area contributed by atoms with Crippen LogP contribution >= 0.6 is 11.3 Å². The molecule has 0 saturated carbocycles. The SMILES string of the molecule is CC1(C)c2ccccc2-c2cc3sc4ccc(-c5c6ccccc6c(-c6cccc7ccccc67)c6ccccc56)cc4c3cc21. The van der Waals surface area contributed by atoms with Gasteiger partial charge in [-0.05, 0) is 101 Å². The Morgan fingerprint density at radius 1 is 0.391 bits per heavy atom. The minimum atomic E-state index is -0.0180. The van der Waals surface area contributed by atoms with Crippen LogP contribution in [0.15, 0.2) is 146 Å². The molecule has 0 fully saturated rings. The molecule has 0 spiro atoms. The van der Waals surface area contributed by atoms with Gasteiger partial charge in [-0.3, -0.25) is 0 Å². The van der Waals surface area contributed by atoms with Crippen LogP contribution in [0.4, 0.5) is 0 Å². The first-order valence-corrected chi connectivity index (χ1v) is 16.9. The molecule has 10 rings (SSSR count). The molecule has 0 nitrogen and oxygen atoms in total. The van der Waals surface area contributed by atoms with Crippen molar-refractivity contribution in [1.29, 1.82) is 0 Å². The van der Waals surface area contributed by atoms with E-state index >= 15 is 0 Å². The quantitative estimate of drug-likeness (QED) is 0.173. The van der Waals surface area contributed by atoms with E-state index in [0.29, 0.717) is 0 Å². The van der Waals surface area contributed by atoms with Gasteiger partial charge < -0.3 is 0 Å². The van der Waals surface area contributed by atoms with Crippen LogP contribution in [0, 0.1) is 0 Å². The maximum absolute atomic E-state index is 2.49. The average Bonchev–Trinajstić information content (AvgIpc) is 3.57. The van der Waals surface area contributed by atoms with Crippen molar-refractivity contribution < 1.29 is 0 Å². The van der Waals surface area contributed by atoms with Gasteiger partial charge in [0.2, 0.25) is 0 Å². The van der Waals surface area contributed by atoms with E-state index in [9.17, 15) is 0 Å². The van der Waals surface area contributed by atoms with Crippen molar-refractivity contribution in [2.24, 2.45) is 0 Å². The third-order valence-electron chi connectivity index (χ3n) is 10.5. The predicted molar refractivity (Wildman–Crippen MR) is 200 cm³/mol. The van der Waals surface area contributed by atoms with Crippen LogP contribution in [0.5, 0.6) is 0 Å². The predicted octanol–water partition coefficient (Wildman–Crippen LogP) is 13.2. The summed E-state index contributed by atoms with van der Waals surface area (Å²) in [5.41, 5.74) is 10.8. The summed E-state index contributed by atoms with van der Waals surface area (Å²) < 4.78 is 2.70. The van der Waals surface area contributed by atoms with Crippen molar-refractivity contribution in [1.82, 2.24) is 0 Å². The van der Waals surface area contributed by atoms with E-state index in [-0.39, 0.29) is 5.41 Å². The van der Waals surface area contributed by atoms with E-state index in [0.717, 1.165) is 0 Å². The van der Waals surface area contributed by atoms with Crippen LogP contribution in [0.3, 0.4) is 0 Å². The fourth-order valence-electron chi connectivity index (χ4n) is 8.30. The molecule has 0 radical (unpaired) electrons. The molecule has 216 valence electrons. The molecule has 1 aliphatic rings. The van der Waals surface area contributed by atoms with Gasteiger partial charge in [0.15, 0.2) is 0 Å². The summed E-state index contributed by atoms with van der Waals surface area (Å²) >= 11 is 1.91. The first kappa shape index (κ1) is 26.0. The van der Waals surface area contributed by atoms with Gasteiger partial charge in [0, 0.05) is 25.6 Å². The molecule has 0 saturated heterocycles. The lowest BCUT2D eigenvalue weighted by atomic mass is 9.82. The minimum Gasteiger partial charge on any atom is -0.135 e. The maximum Gasteiger partial charge on any atom is 0.0361 e. The van der Waals surface area contributed by atoms with Crippen molar-refractivity contribution >= 4 is 63.8 Å². The summed E-state index contributed by atoms with van der Waals surface area (Å²) in [6.45, 7) is 4.75. The zero-order chi connectivity index (χ0) is 30.6. The molecular weight excluding hydrogens is 573 g/mol. The molecular formula is C45H30S. The van der Waals surface area contributed by atoms with Crippen LogP contribution in [0.25, 0.3) is 85.9 Å². The summed E-state index contributed by atoms with van der Waals surface area (Å²) in [7, 11) is 0. The first-order chi connectivity index (χ1) is 22.6. The monoisotopic (exact) mass is 602 g/mol. The Kier molecular flexibility index (Phi) is 5.31. The van der Waals surface area contributed by atoms with Gasteiger partial charge >= 0.3 is 0 Å². The number of thiophene rings is 1. The van der Waals surface area contributed by atoms with Crippen molar-refractivity contribution in [3.63, 3.8) is 0 Å². The Morgan fingerprint density at radius 2 is 0.978 bits per heavy atom. The second-order valence-electron chi connectivity index (χ2n) is 13.2. The smallest absolute Gasteiger partial charge is 0.0361 e. The van der Waals surface area contributed by atoms with Gasteiger partial charge in [-0.2, -0.15) is 0 Å². The highest BCUT2D eigenvalue weighted by atomic mass is 32.1. The highest BCUT2D eigenvalue weighted by Crippen LogP contribution is 2.52. The number of hydrogen-bond donors (Lipinski definition) is 0. The highest BCUT2D eigenvalue weighted by Gasteiger charge is 2.35. The van der Waals surface area contributed by atoms with E-state index in [2.05, 4.69) is 159 Å². The van der Waals surface area contributed by atoms with Crippen LogP contribution in [-0.2, 0) is 5.41 Å². The van der Waals surface area contributed by atoms with Crippen molar-refractivity contribution in [2.75, 3.05) is 0 Å². The first-order valence-electron chi connectivity index (χ1n) is 16.1. The van der Waals surface area contributed by atoms with Crippen molar-refractivity contribution in [3.8, 4) is 33.4 Å². The van der Waals surface area contributed by atoms with Crippen LogP contribution in [-0.4, -0.2) is 0 Å². The van der Waals surface area contributed by atoms with Gasteiger partial charge in [0.1, 0.15) is 0 Å². The van der Waals surface area contributed by atoms with Crippen molar-refractivity contribution in [3.05, 3.63) is 157 Å². The Morgan fingerprint density at radius 3 is 1.74 bits per heavy atom. The Hall–Kier alpha value is -5.24. The largest absolute Gasteiger partial charge is 0.135 e. The number of rotatable bonds is 2. The summed E-state index contributed by atoms with van der Waals surface area (Å²) in [4.78, 5) is 0. The molecule has 1 heterocycles. The highest BCUT2D eigenvalue weighted by molar-refractivity contribution is 7.25. The molecule has 0 N–H and O–H groups in total. The van der Waals surface area contributed by atoms with Gasteiger partial charge in [0.05, 0.1) is 0 Å². The second-order valence-corrected chi connectivity index (χ2v) is 14.3. The zero-order valence-electron chi connectivity index (χ0n) is 25.8. The standard InChI is InChI=1S/C45H30S/c1-45(2)39-21-10-9-15-30(39)36-26-42-38(25-40(36)45)37-24-28(22-23-41(37)46-42)43-32-16-5-7-18-34(32)44(35-19-8-6-17-33(35)43)31-20-11-13-27-12-3-4-14-29(27)31/h3-26H,1-2H3. The average molecular weight is 603 g/mol. The summed E-state index contributed by atoms with van der Waals surface area (Å²) in [5, 5.41) is 10.4. The lowest BCUT2D eigenvalue weighted by molar-refractivity contribution is 0.661. The molecule has 46 heavy (non-hydrogen) atoms. The molecule has 1 heteroatoms. The molecule has 0 unspecified atom stereocenters. The fraction of sp³-hybridized carbons (Fsp3) is 0.0667. The van der Waals surface area contributed by atoms with E-state index in [1.54, 1.807) is 0 Å². The van der Waals surface area contributed by atoms with Crippen LogP contribution in [0.2, 0.25) is 0 Å². The molecule has 0 atom stereocenters. The van der Waals surface area contributed by atoms with E-state index in [1.165, 1.54) is 97.0 Å². The molecule has 8 aromatic carbocycles. The number of benzene rings is 8. The fourth-order valence-corrected chi connectivity index (χ4v) is 9.41. The lowest BCUT2D eigenvalue weighted by Gasteiger charge is -2.21. The normalized spacial score (nSPS) is 13.6. The van der Waals surface area contributed by atoms with Gasteiger partial charge in [0.25, 0.3) is 0 Å². The third kappa shape index (κ3) is 3.49. The van der Waals surface area contributed by atoms with Gasteiger partial charge in [-0.1, -0.05) is 135 Å². The number of fused-ring (bicyclic) bond motifs is 9. The maximum atomic E-state index is 2.49. The third-order valence-corrected chi connectivity index (χ3v) is 11.6. The molecule has 1 aliphatic carbocycles. The topological polar surface area (TPSA) is 0 Å². The second kappa shape index (κ2) is 9.39. The Balaban J connectivity index is 1.26. The van der Waals surface area contributed by atoms with Crippen molar-refractivity contribution in [2.45, 2.75) is 19.3 Å². The van der Waals surface area contributed by atoms with E-state index in [4.69, 9.17) is 0 Å². The van der Waals surface area contributed by atoms with E-state index in [1.807, 2.05) is 11.3 Å². The zero-order valence-corrected chi connectivity index (χ0v) is 26.6.